The highest BCUT2D eigenvalue weighted by atomic mass is 16.1. The van der Waals surface area contributed by atoms with Gasteiger partial charge in [-0.25, -0.2) is 0 Å². The van der Waals surface area contributed by atoms with Crippen LogP contribution in [-0.4, -0.2) is 12.5 Å². The first-order valence-corrected chi connectivity index (χ1v) is 3.51. The Morgan fingerprint density at radius 3 is 2.20 bits per heavy atom. The third-order valence-electron chi connectivity index (χ3n) is 0.903. The van der Waals surface area contributed by atoms with Gasteiger partial charge in [0.05, 0.1) is 0 Å². The molecule has 0 aromatic carbocycles. The van der Waals surface area contributed by atoms with Crippen LogP contribution in [0.4, 0.5) is 0 Å². The zero-order valence-electron chi connectivity index (χ0n) is 6.74. The highest BCUT2D eigenvalue weighted by Gasteiger charge is 2.05. The van der Waals surface area contributed by atoms with Crippen LogP contribution in [-0.2, 0) is 4.79 Å². The van der Waals surface area contributed by atoms with Gasteiger partial charge in [-0.2, -0.15) is 0 Å². The van der Waals surface area contributed by atoms with Crippen molar-refractivity contribution in [1.29, 1.82) is 0 Å². The molecule has 1 fully saturated rings. The van der Waals surface area contributed by atoms with Crippen molar-refractivity contribution in [1.82, 2.24) is 5.32 Å². The van der Waals surface area contributed by atoms with E-state index in [1.54, 1.807) is 0 Å². The maximum absolute atomic E-state index is 10.1. The van der Waals surface area contributed by atoms with Crippen molar-refractivity contribution < 1.29 is 4.79 Å². The maximum Gasteiger partial charge on any atom is 0.220 e. The molecule has 1 amide bonds. The number of amides is 1. The molecule has 0 spiro atoms. The van der Waals surface area contributed by atoms with Crippen LogP contribution in [0.1, 0.15) is 26.7 Å². The van der Waals surface area contributed by atoms with Gasteiger partial charge in [0, 0.05) is 13.0 Å². The van der Waals surface area contributed by atoms with Gasteiger partial charge in [-0.1, -0.05) is 5.57 Å². The van der Waals surface area contributed by atoms with Crippen LogP contribution in [0.25, 0.3) is 0 Å². The summed E-state index contributed by atoms with van der Waals surface area (Å²) in [6.45, 7) is 8.39. The van der Waals surface area contributed by atoms with E-state index in [0.717, 1.165) is 19.4 Å². The second-order valence-corrected chi connectivity index (χ2v) is 2.66. The topological polar surface area (TPSA) is 29.1 Å². The van der Waals surface area contributed by atoms with Crippen LogP contribution < -0.4 is 5.32 Å². The predicted molar refractivity (Wildman–Crippen MR) is 42.7 cm³/mol. The summed E-state index contributed by atoms with van der Waals surface area (Å²) in [4.78, 5) is 10.1. The zero-order valence-corrected chi connectivity index (χ0v) is 6.74. The van der Waals surface area contributed by atoms with Gasteiger partial charge in [0.15, 0.2) is 0 Å². The average molecular weight is 141 g/mol. The minimum absolute atomic E-state index is 0.204. The van der Waals surface area contributed by atoms with Crippen LogP contribution in [0, 0.1) is 0 Å². The van der Waals surface area contributed by atoms with Crippen LogP contribution in [0.2, 0.25) is 0 Å². The second-order valence-electron chi connectivity index (χ2n) is 2.66. The van der Waals surface area contributed by atoms with Crippen molar-refractivity contribution >= 4 is 5.91 Å². The molecular formula is C8H15NO. The lowest BCUT2D eigenvalue weighted by Gasteiger charge is -1.80. The fourth-order valence-corrected chi connectivity index (χ4v) is 0.565. The summed E-state index contributed by atoms with van der Waals surface area (Å²) >= 11 is 0. The molecule has 0 bridgehead atoms. The Balaban J connectivity index is 0.000000180. The van der Waals surface area contributed by atoms with Gasteiger partial charge in [0.25, 0.3) is 0 Å². The van der Waals surface area contributed by atoms with E-state index >= 15 is 0 Å². The Labute approximate surface area is 62.3 Å². The quantitative estimate of drug-likeness (QED) is 0.509. The van der Waals surface area contributed by atoms with Crippen molar-refractivity contribution in [2.75, 3.05) is 6.54 Å². The lowest BCUT2D eigenvalue weighted by Crippen LogP contribution is -2.12. The van der Waals surface area contributed by atoms with Crippen molar-refractivity contribution in [3.05, 3.63) is 12.2 Å². The molecule has 2 nitrogen and oxygen atoms in total. The number of carbonyl (C=O) groups excluding carboxylic acids is 1. The third-order valence-corrected chi connectivity index (χ3v) is 0.903. The average Bonchev–Trinajstić information content (AvgIpc) is 2.15. The number of hydrogen-bond acceptors (Lipinski definition) is 1. The van der Waals surface area contributed by atoms with E-state index in [2.05, 4.69) is 11.9 Å². The summed E-state index contributed by atoms with van der Waals surface area (Å²) in [6, 6.07) is 0. The molecule has 1 heterocycles. The van der Waals surface area contributed by atoms with E-state index in [-0.39, 0.29) is 5.91 Å². The summed E-state index contributed by atoms with van der Waals surface area (Å²) in [6.07, 6.45) is 1.76. The van der Waals surface area contributed by atoms with Crippen LogP contribution >= 0.6 is 0 Å². The molecule has 1 saturated heterocycles. The number of rotatable bonds is 0. The first kappa shape index (κ1) is 9.21. The van der Waals surface area contributed by atoms with Crippen molar-refractivity contribution in [2.45, 2.75) is 26.7 Å². The fourth-order valence-electron chi connectivity index (χ4n) is 0.565. The Bertz CT molecular complexity index is 117. The molecule has 1 N–H and O–H groups in total. The molecule has 58 valence electrons. The van der Waals surface area contributed by atoms with Crippen molar-refractivity contribution in [3.63, 3.8) is 0 Å². The smallest absolute Gasteiger partial charge is 0.220 e. The van der Waals surface area contributed by atoms with E-state index in [0.29, 0.717) is 0 Å². The van der Waals surface area contributed by atoms with Crippen molar-refractivity contribution in [3.8, 4) is 0 Å². The molecule has 10 heavy (non-hydrogen) atoms. The molecular weight excluding hydrogens is 126 g/mol. The molecule has 2 heteroatoms. The Hall–Kier alpha value is -0.790. The summed E-state index contributed by atoms with van der Waals surface area (Å²) in [5.74, 6) is 0.204. The Morgan fingerprint density at radius 1 is 1.60 bits per heavy atom. The van der Waals surface area contributed by atoms with E-state index in [1.807, 2.05) is 13.8 Å². The largest absolute Gasteiger partial charge is 0.356 e. The Kier molecular flexibility index (Phi) is 4.63. The summed E-state index contributed by atoms with van der Waals surface area (Å²) < 4.78 is 0. The Morgan fingerprint density at radius 2 is 2.10 bits per heavy atom. The highest BCUT2D eigenvalue weighted by molar-refractivity contribution is 5.77. The van der Waals surface area contributed by atoms with E-state index < -0.39 is 0 Å². The summed E-state index contributed by atoms with van der Waals surface area (Å²) in [7, 11) is 0. The van der Waals surface area contributed by atoms with E-state index in [1.165, 1.54) is 5.57 Å². The highest BCUT2D eigenvalue weighted by Crippen LogP contribution is 1.93. The zero-order chi connectivity index (χ0) is 7.98. The number of allylic oxidation sites excluding steroid dienone is 1. The maximum atomic E-state index is 10.1. The standard InChI is InChI=1S/C4H7NO.C4H8/c6-4-2-1-3-5-4;1-4(2)3/h1-3H2,(H,5,6);1H2,2-3H3. The van der Waals surface area contributed by atoms with Gasteiger partial charge < -0.3 is 5.32 Å². The number of nitrogens with one attached hydrogen (secondary N) is 1. The predicted octanol–water partition coefficient (Wildman–Crippen LogP) is 1.48. The molecule has 0 saturated carbocycles. The second kappa shape index (κ2) is 5.03. The SMILES string of the molecule is C=C(C)C.O=C1CCCN1. The van der Waals surface area contributed by atoms with E-state index in [4.69, 9.17) is 0 Å². The van der Waals surface area contributed by atoms with E-state index in [9.17, 15) is 4.79 Å². The first-order chi connectivity index (χ1) is 4.63. The molecule has 1 aliphatic heterocycles. The van der Waals surface area contributed by atoms with Gasteiger partial charge in [-0.15, -0.1) is 6.58 Å². The van der Waals surface area contributed by atoms with Gasteiger partial charge in [-0.05, 0) is 20.3 Å². The summed E-state index contributed by atoms with van der Waals surface area (Å²) in [5, 5.41) is 2.68. The van der Waals surface area contributed by atoms with Crippen LogP contribution in [0.5, 0.6) is 0 Å². The number of carbonyl (C=O) groups is 1. The van der Waals surface area contributed by atoms with Gasteiger partial charge in [-0.3, -0.25) is 4.79 Å². The molecule has 0 aliphatic carbocycles. The molecule has 0 unspecified atom stereocenters. The normalized spacial score (nSPS) is 15.2. The molecule has 1 rings (SSSR count). The first-order valence-electron chi connectivity index (χ1n) is 3.51. The monoisotopic (exact) mass is 141 g/mol. The third kappa shape index (κ3) is 7.21. The molecule has 0 aromatic rings. The van der Waals surface area contributed by atoms with Gasteiger partial charge >= 0.3 is 0 Å². The lowest BCUT2D eigenvalue weighted by atomic mass is 10.4. The van der Waals surface area contributed by atoms with Crippen LogP contribution in [0.15, 0.2) is 12.2 Å². The molecule has 0 atom stereocenters. The molecule has 0 aromatic heterocycles. The van der Waals surface area contributed by atoms with Gasteiger partial charge in [0.2, 0.25) is 5.91 Å². The fraction of sp³-hybridized carbons (Fsp3) is 0.625. The van der Waals surface area contributed by atoms with Crippen molar-refractivity contribution in [2.24, 2.45) is 0 Å². The van der Waals surface area contributed by atoms with Crippen LogP contribution in [0.3, 0.4) is 0 Å². The minimum Gasteiger partial charge on any atom is -0.356 e. The number of hydrogen-bond donors (Lipinski definition) is 1. The summed E-state index contributed by atoms with van der Waals surface area (Å²) in [5.41, 5.74) is 1.17. The molecule has 0 radical (unpaired) electrons. The minimum atomic E-state index is 0.204. The molecule has 1 aliphatic rings. The van der Waals surface area contributed by atoms with Gasteiger partial charge in [0.1, 0.15) is 0 Å². The lowest BCUT2D eigenvalue weighted by molar-refractivity contribution is -0.119.